The molecular weight excluding hydrogens is 345 g/mol. The lowest BCUT2D eigenvalue weighted by Gasteiger charge is -2.16. The van der Waals surface area contributed by atoms with Gasteiger partial charge in [-0.1, -0.05) is 11.6 Å². The van der Waals surface area contributed by atoms with Crippen LogP contribution in [-0.2, 0) is 0 Å². The van der Waals surface area contributed by atoms with Crippen LogP contribution in [0.4, 0.5) is 14.9 Å². The Morgan fingerprint density at radius 1 is 1.28 bits per heavy atom. The molecule has 2 amide bonds. The van der Waals surface area contributed by atoms with Crippen LogP contribution in [0, 0.1) is 5.82 Å². The number of hydrogen-bond donors (Lipinski definition) is 2. The number of carbonyl (C=O) groups is 1. The molecule has 3 aromatic rings. The lowest BCUT2D eigenvalue weighted by Crippen LogP contribution is -2.32. The molecule has 0 saturated carbocycles. The molecule has 0 atom stereocenters. The SMILES string of the molecule is O=C(Nc1ccc(F)c(-c2nc3ncc(Cl)cc3[nH]2)c1)N1CCCC1. The van der Waals surface area contributed by atoms with Crippen molar-refractivity contribution in [3.8, 4) is 11.4 Å². The van der Waals surface area contributed by atoms with Gasteiger partial charge in [0.15, 0.2) is 5.65 Å². The van der Waals surface area contributed by atoms with E-state index in [-0.39, 0.29) is 11.6 Å². The number of hydrogen-bond acceptors (Lipinski definition) is 3. The molecular formula is C17H15ClFN5O. The Morgan fingerprint density at radius 3 is 2.88 bits per heavy atom. The van der Waals surface area contributed by atoms with Crippen molar-refractivity contribution in [3.05, 3.63) is 41.3 Å². The molecule has 1 aromatic carbocycles. The van der Waals surface area contributed by atoms with Crippen molar-refractivity contribution < 1.29 is 9.18 Å². The molecule has 0 radical (unpaired) electrons. The van der Waals surface area contributed by atoms with Gasteiger partial charge >= 0.3 is 6.03 Å². The Bertz CT molecular complexity index is 951. The van der Waals surface area contributed by atoms with Gasteiger partial charge in [-0.2, -0.15) is 0 Å². The summed E-state index contributed by atoms with van der Waals surface area (Å²) >= 11 is 5.91. The van der Waals surface area contributed by atoms with Crippen LogP contribution < -0.4 is 5.32 Å². The molecule has 0 unspecified atom stereocenters. The Kier molecular flexibility index (Phi) is 4.01. The van der Waals surface area contributed by atoms with E-state index in [0.29, 0.717) is 27.7 Å². The number of nitrogens with zero attached hydrogens (tertiary/aromatic N) is 3. The molecule has 0 aliphatic carbocycles. The molecule has 0 bridgehead atoms. The van der Waals surface area contributed by atoms with Crippen molar-refractivity contribution in [1.82, 2.24) is 19.9 Å². The van der Waals surface area contributed by atoms with E-state index in [1.165, 1.54) is 18.3 Å². The fourth-order valence-electron chi connectivity index (χ4n) is 2.91. The fraction of sp³-hybridized carbons (Fsp3) is 0.235. The molecule has 1 aliphatic heterocycles. The van der Waals surface area contributed by atoms with Crippen LogP contribution in [0.25, 0.3) is 22.6 Å². The summed E-state index contributed by atoms with van der Waals surface area (Å²) in [6.45, 7) is 1.49. The zero-order valence-corrected chi connectivity index (χ0v) is 14.0. The third kappa shape index (κ3) is 3.15. The summed E-state index contributed by atoms with van der Waals surface area (Å²) < 4.78 is 14.3. The maximum Gasteiger partial charge on any atom is 0.321 e. The number of fused-ring (bicyclic) bond motifs is 1. The summed E-state index contributed by atoms with van der Waals surface area (Å²) in [5, 5.41) is 3.27. The van der Waals surface area contributed by atoms with Crippen molar-refractivity contribution >= 4 is 34.5 Å². The van der Waals surface area contributed by atoms with Crippen LogP contribution in [0.2, 0.25) is 5.02 Å². The Morgan fingerprint density at radius 2 is 2.08 bits per heavy atom. The van der Waals surface area contributed by atoms with Gasteiger partial charge < -0.3 is 15.2 Å². The monoisotopic (exact) mass is 359 g/mol. The van der Waals surface area contributed by atoms with Crippen LogP contribution in [0.1, 0.15) is 12.8 Å². The molecule has 8 heteroatoms. The highest BCUT2D eigenvalue weighted by Crippen LogP contribution is 2.26. The van der Waals surface area contributed by atoms with Crippen LogP contribution in [0.15, 0.2) is 30.5 Å². The molecule has 3 heterocycles. The second-order valence-electron chi connectivity index (χ2n) is 5.93. The second kappa shape index (κ2) is 6.33. The average Bonchev–Trinajstić information content (AvgIpc) is 3.25. The average molecular weight is 360 g/mol. The summed E-state index contributed by atoms with van der Waals surface area (Å²) in [7, 11) is 0. The number of carbonyl (C=O) groups excluding carboxylic acids is 1. The van der Waals surface area contributed by atoms with Gasteiger partial charge in [0.1, 0.15) is 11.6 Å². The highest BCUT2D eigenvalue weighted by Gasteiger charge is 2.19. The first kappa shape index (κ1) is 15.8. The Labute approximate surface area is 148 Å². The van der Waals surface area contributed by atoms with Crippen molar-refractivity contribution in [2.24, 2.45) is 0 Å². The molecule has 25 heavy (non-hydrogen) atoms. The van der Waals surface area contributed by atoms with Crippen molar-refractivity contribution in [2.45, 2.75) is 12.8 Å². The number of pyridine rings is 1. The van der Waals surface area contributed by atoms with Crippen LogP contribution in [0.3, 0.4) is 0 Å². The first-order valence-electron chi connectivity index (χ1n) is 7.97. The zero-order valence-electron chi connectivity index (χ0n) is 13.2. The van der Waals surface area contributed by atoms with E-state index in [1.807, 2.05) is 0 Å². The summed E-state index contributed by atoms with van der Waals surface area (Å²) in [5.41, 5.74) is 1.84. The number of halogens is 2. The Hall–Kier alpha value is -2.67. The molecule has 1 fully saturated rings. The lowest BCUT2D eigenvalue weighted by atomic mass is 10.1. The van der Waals surface area contributed by atoms with Crippen molar-refractivity contribution in [1.29, 1.82) is 0 Å². The van der Waals surface area contributed by atoms with E-state index in [4.69, 9.17) is 11.6 Å². The molecule has 4 rings (SSSR count). The number of aromatic amines is 1. The minimum atomic E-state index is -0.440. The molecule has 1 saturated heterocycles. The second-order valence-corrected chi connectivity index (χ2v) is 6.37. The number of imidazole rings is 1. The number of aromatic nitrogens is 3. The number of nitrogens with one attached hydrogen (secondary N) is 2. The van der Waals surface area contributed by atoms with Gasteiger partial charge in [0.25, 0.3) is 0 Å². The maximum atomic E-state index is 14.3. The standard InChI is InChI=1S/C17H15ClFN5O/c18-10-7-14-16(20-9-10)23-15(22-14)12-8-11(3-4-13(12)19)21-17(25)24-5-1-2-6-24/h3-4,7-9H,1-2,5-6H2,(H,21,25)(H,20,22,23). The maximum absolute atomic E-state index is 14.3. The molecule has 6 nitrogen and oxygen atoms in total. The number of likely N-dealkylation sites (tertiary alicyclic amines) is 1. The predicted molar refractivity (Wildman–Crippen MR) is 94.1 cm³/mol. The number of benzene rings is 1. The predicted octanol–water partition coefficient (Wildman–Crippen LogP) is 4.05. The van der Waals surface area contributed by atoms with Gasteiger partial charge in [-0.3, -0.25) is 0 Å². The highest BCUT2D eigenvalue weighted by molar-refractivity contribution is 6.31. The van der Waals surface area contributed by atoms with E-state index in [0.717, 1.165) is 25.9 Å². The minimum absolute atomic E-state index is 0.173. The number of amides is 2. The molecule has 0 spiro atoms. The van der Waals surface area contributed by atoms with E-state index in [2.05, 4.69) is 20.3 Å². The van der Waals surface area contributed by atoms with Crippen LogP contribution in [-0.4, -0.2) is 39.0 Å². The number of urea groups is 1. The highest BCUT2D eigenvalue weighted by atomic mass is 35.5. The number of anilines is 1. The molecule has 1 aliphatic rings. The number of H-pyrrole nitrogens is 1. The summed E-state index contributed by atoms with van der Waals surface area (Å²) in [4.78, 5) is 25.4. The smallest absolute Gasteiger partial charge is 0.321 e. The number of rotatable bonds is 2. The van der Waals surface area contributed by atoms with Gasteiger partial charge in [-0.15, -0.1) is 0 Å². The first-order valence-corrected chi connectivity index (χ1v) is 8.35. The fourth-order valence-corrected chi connectivity index (χ4v) is 3.07. The molecule has 2 aromatic heterocycles. The van der Waals surface area contributed by atoms with Crippen LogP contribution in [0.5, 0.6) is 0 Å². The Balaban J connectivity index is 1.65. The van der Waals surface area contributed by atoms with Crippen LogP contribution >= 0.6 is 11.6 Å². The van der Waals surface area contributed by atoms with Crippen molar-refractivity contribution in [2.75, 3.05) is 18.4 Å². The quantitative estimate of drug-likeness (QED) is 0.725. The summed E-state index contributed by atoms with van der Waals surface area (Å²) in [6, 6.07) is 5.90. The van der Waals surface area contributed by atoms with Gasteiger partial charge in [-0.05, 0) is 37.1 Å². The topological polar surface area (TPSA) is 73.9 Å². The van der Waals surface area contributed by atoms with E-state index in [9.17, 15) is 9.18 Å². The summed E-state index contributed by atoms with van der Waals surface area (Å²) in [5.74, 6) is -0.108. The van der Waals surface area contributed by atoms with E-state index >= 15 is 0 Å². The molecule has 2 N–H and O–H groups in total. The van der Waals surface area contributed by atoms with E-state index in [1.54, 1.807) is 17.0 Å². The molecule has 128 valence electrons. The van der Waals surface area contributed by atoms with Gasteiger partial charge in [0.2, 0.25) is 0 Å². The van der Waals surface area contributed by atoms with Gasteiger partial charge in [0.05, 0.1) is 16.1 Å². The third-order valence-corrected chi connectivity index (χ3v) is 4.38. The van der Waals surface area contributed by atoms with Gasteiger partial charge in [0, 0.05) is 25.0 Å². The van der Waals surface area contributed by atoms with Crippen molar-refractivity contribution in [3.63, 3.8) is 0 Å². The minimum Gasteiger partial charge on any atom is -0.336 e. The van der Waals surface area contributed by atoms with Gasteiger partial charge in [-0.25, -0.2) is 19.2 Å². The normalized spacial score (nSPS) is 14.2. The zero-order chi connectivity index (χ0) is 17.4. The third-order valence-electron chi connectivity index (χ3n) is 4.17. The largest absolute Gasteiger partial charge is 0.336 e. The lowest BCUT2D eigenvalue weighted by molar-refractivity contribution is 0.222. The summed E-state index contributed by atoms with van der Waals surface area (Å²) in [6.07, 6.45) is 3.50. The first-order chi connectivity index (χ1) is 12.1. The van der Waals surface area contributed by atoms with E-state index < -0.39 is 5.82 Å².